The predicted molar refractivity (Wildman–Crippen MR) is 95.8 cm³/mol. The van der Waals surface area contributed by atoms with Crippen molar-refractivity contribution < 1.29 is 22.7 Å². The Morgan fingerprint density at radius 1 is 1.15 bits per heavy atom. The zero-order chi connectivity index (χ0) is 19.2. The topological polar surface area (TPSA) is 77.2 Å². The first-order valence-electron chi connectivity index (χ1n) is 7.58. The number of nitrogens with one attached hydrogen (secondary N) is 1. The number of nitrogens with zero attached hydrogens (tertiary/aromatic N) is 2. The van der Waals surface area contributed by atoms with Crippen molar-refractivity contribution in [3.63, 3.8) is 0 Å². The molecule has 0 fully saturated rings. The molecule has 0 aliphatic rings. The quantitative estimate of drug-likeness (QED) is 0.584. The summed E-state index contributed by atoms with van der Waals surface area (Å²) < 4.78 is 36.8. The lowest BCUT2D eigenvalue weighted by Gasteiger charge is -2.04. The van der Waals surface area contributed by atoms with Crippen molar-refractivity contribution in [2.45, 2.75) is 11.8 Å². The van der Waals surface area contributed by atoms with Crippen LogP contribution in [0.5, 0.6) is 5.75 Å². The molecule has 3 aromatic rings. The fourth-order valence-electron chi connectivity index (χ4n) is 1.93. The minimum atomic E-state index is -1.04. The molecule has 3 rings (SSSR count). The van der Waals surface area contributed by atoms with Crippen LogP contribution < -0.4 is 10.1 Å². The summed E-state index contributed by atoms with van der Waals surface area (Å²) in [5, 5.41) is 10.9. The molecule has 1 amide bonds. The highest BCUT2D eigenvalue weighted by Crippen LogP contribution is 2.20. The number of hydrogen-bond donors (Lipinski definition) is 1. The summed E-state index contributed by atoms with van der Waals surface area (Å²) in [5.41, 5.74) is 0.155. The van der Waals surface area contributed by atoms with E-state index in [0.717, 1.165) is 23.9 Å². The molecule has 0 bridgehead atoms. The van der Waals surface area contributed by atoms with Gasteiger partial charge in [-0.2, -0.15) is 0 Å². The normalized spacial score (nSPS) is 10.6. The number of halogens is 3. The lowest BCUT2D eigenvalue weighted by Crippen LogP contribution is -2.14. The molecule has 0 saturated carbocycles. The van der Waals surface area contributed by atoms with E-state index in [1.165, 1.54) is 6.07 Å². The second kappa shape index (κ2) is 8.83. The van der Waals surface area contributed by atoms with E-state index in [1.54, 1.807) is 24.3 Å². The highest BCUT2D eigenvalue weighted by atomic mass is 35.5. The lowest BCUT2D eigenvalue weighted by molar-refractivity contribution is -0.113. The van der Waals surface area contributed by atoms with E-state index in [1.807, 2.05) is 0 Å². The van der Waals surface area contributed by atoms with E-state index in [4.69, 9.17) is 20.8 Å². The first-order valence-corrected chi connectivity index (χ1v) is 8.94. The van der Waals surface area contributed by atoms with Crippen molar-refractivity contribution in [2.75, 3.05) is 11.1 Å². The Morgan fingerprint density at radius 2 is 1.93 bits per heavy atom. The second-order valence-corrected chi connectivity index (χ2v) is 6.53. The number of anilines is 1. The number of carbonyl (C=O) groups excluding carboxylic acids is 1. The van der Waals surface area contributed by atoms with Gasteiger partial charge in [-0.15, -0.1) is 10.2 Å². The molecule has 0 radical (unpaired) electrons. The average Bonchev–Trinajstić information content (AvgIpc) is 3.11. The maximum absolute atomic E-state index is 13.1. The van der Waals surface area contributed by atoms with Crippen LogP contribution in [0.15, 0.2) is 52.1 Å². The summed E-state index contributed by atoms with van der Waals surface area (Å²) in [5.74, 6) is -1.66. The van der Waals surface area contributed by atoms with Crippen molar-refractivity contribution >= 4 is 35.0 Å². The van der Waals surface area contributed by atoms with Gasteiger partial charge in [-0.3, -0.25) is 4.79 Å². The van der Waals surface area contributed by atoms with Gasteiger partial charge >= 0.3 is 0 Å². The van der Waals surface area contributed by atoms with Crippen molar-refractivity contribution in [3.05, 3.63) is 65.0 Å². The van der Waals surface area contributed by atoms with Gasteiger partial charge in [0.1, 0.15) is 5.75 Å². The molecule has 0 saturated heterocycles. The van der Waals surface area contributed by atoms with Crippen LogP contribution in [-0.2, 0) is 11.4 Å². The fraction of sp³-hybridized carbons (Fsp3) is 0.118. The number of rotatable bonds is 7. The number of benzene rings is 2. The van der Waals surface area contributed by atoms with Crippen LogP contribution in [-0.4, -0.2) is 21.9 Å². The number of ether oxygens (including phenoxy) is 1. The molecule has 0 aliphatic carbocycles. The fourth-order valence-corrected chi connectivity index (χ4v) is 2.64. The molecule has 1 aromatic heterocycles. The zero-order valence-electron chi connectivity index (χ0n) is 13.6. The van der Waals surface area contributed by atoms with E-state index in [2.05, 4.69) is 15.5 Å². The molecule has 140 valence electrons. The van der Waals surface area contributed by atoms with E-state index in [0.29, 0.717) is 10.8 Å². The van der Waals surface area contributed by atoms with Crippen LogP contribution in [0.1, 0.15) is 5.89 Å². The smallest absolute Gasteiger partial charge is 0.277 e. The monoisotopic (exact) mass is 411 g/mol. The molecule has 0 atom stereocenters. The SMILES string of the molecule is O=C(CSc1nnc(COc2ccc(Cl)cc2)o1)Nc1ccc(F)c(F)c1. The lowest BCUT2D eigenvalue weighted by atomic mass is 10.3. The first kappa shape index (κ1) is 19.1. The molecule has 6 nitrogen and oxygen atoms in total. The number of hydrogen-bond acceptors (Lipinski definition) is 6. The minimum Gasteiger partial charge on any atom is -0.484 e. The maximum Gasteiger partial charge on any atom is 0.277 e. The third-order valence-corrected chi connectivity index (χ3v) is 4.22. The molecule has 0 spiro atoms. The summed E-state index contributed by atoms with van der Waals surface area (Å²) in [6, 6.07) is 9.89. The Balaban J connectivity index is 1.46. The molecular weight excluding hydrogens is 400 g/mol. The van der Waals surface area contributed by atoms with Gasteiger partial charge in [0.25, 0.3) is 11.1 Å². The predicted octanol–water partition coefficient (Wildman–Crippen LogP) is 4.31. The van der Waals surface area contributed by atoms with Gasteiger partial charge in [0.05, 0.1) is 5.75 Å². The van der Waals surface area contributed by atoms with E-state index in [-0.39, 0.29) is 29.2 Å². The van der Waals surface area contributed by atoms with Crippen molar-refractivity contribution in [1.29, 1.82) is 0 Å². The van der Waals surface area contributed by atoms with Gasteiger partial charge in [0.15, 0.2) is 18.2 Å². The van der Waals surface area contributed by atoms with Gasteiger partial charge in [-0.1, -0.05) is 23.4 Å². The summed E-state index contributed by atoms with van der Waals surface area (Å²) in [7, 11) is 0. The van der Waals surface area contributed by atoms with Crippen molar-refractivity contribution in [1.82, 2.24) is 10.2 Å². The molecule has 10 heteroatoms. The Bertz CT molecular complexity index is 937. The third-order valence-electron chi connectivity index (χ3n) is 3.15. The maximum atomic E-state index is 13.1. The van der Waals surface area contributed by atoms with Gasteiger partial charge in [-0.25, -0.2) is 8.78 Å². The van der Waals surface area contributed by atoms with Gasteiger partial charge in [0.2, 0.25) is 5.91 Å². The van der Waals surface area contributed by atoms with Crippen molar-refractivity contribution in [2.24, 2.45) is 0 Å². The Hall–Kier alpha value is -2.65. The largest absolute Gasteiger partial charge is 0.484 e. The summed E-state index contributed by atoms with van der Waals surface area (Å²) >= 11 is 6.80. The summed E-state index contributed by atoms with van der Waals surface area (Å²) in [6.07, 6.45) is 0. The molecule has 0 unspecified atom stereocenters. The molecular formula is C17H12ClF2N3O3S. The van der Waals surface area contributed by atoms with Crippen LogP contribution in [0.2, 0.25) is 5.02 Å². The Morgan fingerprint density at radius 3 is 2.67 bits per heavy atom. The van der Waals surface area contributed by atoms with E-state index < -0.39 is 17.5 Å². The van der Waals surface area contributed by atoms with Crippen LogP contribution in [0.4, 0.5) is 14.5 Å². The van der Waals surface area contributed by atoms with Crippen LogP contribution in [0, 0.1) is 11.6 Å². The molecule has 1 heterocycles. The molecule has 27 heavy (non-hydrogen) atoms. The zero-order valence-corrected chi connectivity index (χ0v) is 15.2. The minimum absolute atomic E-state index is 0.0430. The van der Waals surface area contributed by atoms with Gasteiger partial charge in [-0.05, 0) is 36.4 Å². The number of amides is 1. The van der Waals surface area contributed by atoms with Crippen LogP contribution in [0.25, 0.3) is 0 Å². The standard InChI is InChI=1S/C17H12ClF2N3O3S/c18-10-1-4-12(5-2-10)25-8-16-22-23-17(26-16)27-9-15(24)21-11-3-6-13(19)14(20)7-11/h1-7H,8-9H2,(H,21,24). The highest BCUT2D eigenvalue weighted by Gasteiger charge is 2.11. The number of aromatic nitrogens is 2. The number of carbonyl (C=O) groups is 1. The van der Waals surface area contributed by atoms with Crippen LogP contribution >= 0.6 is 23.4 Å². The highest BCUT2D eigenvalue weighted by molar-refractivity contribution is 7.99. The Kier molecular flexibility index (Phi) is 6.25. The summed E-state index contributed by atoms with van der Waals surface area (Å²) in [6.45, 7) is 0.0657. The average molecular weight is 412 g/mol. The van der Waals surface area contributed by atoms with Gasteiger partial charge < -0.3 is 14.5 Å². The molecule has 2 aromatic carbocycles. The van der Waals surface area contributed by atoms with E-state index >= 15 is 0 Å². The second-order valence-electron chi connectivity index (χ2n) is 5.17. The molecule has 1 N–H and O–H groups in total. The van der Waals surface area contributed by atoms with Crippen LogP contribution in [0.3, 0.4) is 0 Å². The van der Waals surface area contributed by atoms with E-state index in [9.17, 15) is 13.6 Å². The number of thioether (sulfide) groups is 1. The first-order chi connectivity index (χ1) is 13.0. The summed E-state index contributed by atoms with van der Waals surface area (Å²) in [4.78, 5) is 11.9. The third kappa shape index (κ3) is 5.66. The van der Waals surface area contributed by atoms with Crippen molar-refractivity contribution in [3.8, 4) is 5.75 Å². The van der Waals surface area contributed by atoms with Gasteiger partial charge in [0, 0.05) is 16.8 Å². The Labute approximate surface area is 161 Å². The molecule has 0 aliphatic heterocycles.